The van der Waals surface area contributed by atoms with E-state index in [0.29, 0.717) is 11.5 Å². The molecule has 1 aromatic rings. The van der Waals surface area contributed by atoms with Gasteiger partial charge in [0.25, 0.3) is 0 Å². The Labute approximate surface area is 151 Å². The summed E-state index contributed by atoms with van der Waals surface area (Å²) in [6, 6.07) is 8.60. The SMILES string of the molecule is COc1ccc(C=CCNC(C)C23CC4CC(CC(O)(C4)C2)C3)cc1. The van der Waals surface area contributed by atoms with E-state index in [1.54, 1.807) is 7.11 Å². The van der Waals surface area contributed by atoms with Crippen LogP contribution in [0.2, 0.25) is 0 Å². The zero-order valence-electron chi connectivity index (χ0n) is 15.5. The van der Waals surface area contributed by atoms with Gasteiger partial charge in [0, 0.05) is 12.6 Å². The molecule has 4 aliphatic carbocycles. The second-order valence-corrected chi connectivity index (χ2v) is 8.85. The van der Waals surface area contributed by atoms with Gasteiger partial charge in [-0.1, -0.05) is 24.3 Å². The van der Waals surface area contributed by atoms with Gasteiger partial charge in [-0.3, -0.25) is 0 Å². The largest absolute Gasteiger partial charge is 0.497 e. The molecule has 4 bridgehead atoms. The zero-order chi connectivity index (χ0) is 17.5. The number of benzene rings is 1. The van der Waals surface area contributed by atoms with Gasteiger partial charge in [0.05, 0.1) is 12.7 Å². The third-order valence-corrected chi connectivity index (χ3v) is 6.96. The minimum atomic E-state index is -0.362. The highest BCUT2D eigenvalue weighted by atomic mass is 16.5. The van der Waals surface area contributed by atoms with Crippen molar-refractivity contribution in [3.63, 3.8) is 0 Å². The van der Waals surface area contributed by atoms with Crippen molar-refractivity contribution in [3.8, 4) is 5.75 Å². The van der Waals surface area contributed by atoms with Gasteiger partial charge in [-0.15, -0.1) is 0 Å². The molecule has 0 saturated heterocycles. The summed E-state index contributed by atoms with van der Waals surface area (Å²) in [7, 11) is 1.69. The molecule has 0 spiro atoms. The van der Waals surface area contributed by atoms with Crippen molar-refractivity contribution >= 4 is 6.08 Å². The lowest BCUT2D eigenvalue weighted by Crippen LogP contribution is -2.61. The summed E-state index contributed by atoms with van der Waals surface area (Å²) in [5, 5.41) is 14.7. The van der Waals surface area contributed by atoms with Gasteiger partial charge in [-0.25, -0.2) is 0 Å². The van der Waals surface area contributed by atoms with Crippen molar-refractivity contribution in [1.82, 2.24) is 5.32 Å². The third kappa shape index (κ3) is 3.37. The fraction of sp³-hybridized carbons (Fsp3) is 0.636. The smallest absolute Gasteiger partial charge is 0.118 e. The van der Waals surface area contributed by atoms with Crippen LogP contribution in [0, 0.1) is 17.3 Å². The Morgan fingerprint density at radius 2 is 1.88 bits per heavy atom. The van der Waals surface area contributed by atoms with Crippen LogP contribution in [0.25, 0.3) is 6.08 Å². The molecular formula is C22H31NO2. The van der Waals surface area contributed by atoms with Crippen LogP contribution in [0.15, 0.2) is 30.3 Å². The summed E-state index contributed by atoms with van der Waals surface area (Å²) in [6.45, 7) is 3.21. The molecule has 3 nitrogen and oxygen atoms in total. The van der Waals surface area contributed by atoms with Gasteiger partial charge < -0.3 is 15.2 Å². The van der Waals surface area contributed by atoms with Gasteiger partial charge >= 0.3 is 0 Å². The molecule has 5 rings (SSSR count). The maximum Gasteiger partial charge on any atom is 0.118 e. The first-order valence-electron chi connectivity index (χ1n) is 9.77. The first-order chi connectivity index (χ1) is 12.0. The molecule has 3 atom stereocenters. The van der Waals surface area contributed by atoms with E-state index in [-0.39, 0.29) is 5.60 Å². The van der Waals surface area contributed by atoms with Crippen LogP contribution in [-0.4, -0.2) is 30.4 Å². The monoisotopic (exact) mass is 341 g/mol. The van der Waals surface area contributed by atoms with E-state index in [0.717, 1.165) is 43.4 Å². The van der Waals surface area contributed by atoms with Crippen LogP contribution < -0.4 is 10.1 Å². The molecule has 0 radical (unpaired) electrons. The zero-order valence-corrected chi connectivity index (χ0v) is 15.5. The summed E-state index contributed by atoms with van der Waals surface area (Å²) in [5.41, 5.74) is 1.14. The second-order valence-electron chi connectivity index (χ2n) is 8.85. The summed E-state index contributed by atoms with van der Waals surface area (Å²) in [4.78, 5) is 0. The maximum atomic E-state index is 10.9. The standard InChI is InChI=1S/C22H31NO2/c1-16(23-9-3-4-17-5-7-20(25-2)8-6-17)21-11-18-10-19(12-21)14-22(24,13-18)15-21/h3-8,16,18-19,23-24H,9-15H2,1-2H3. The number of rotatable bonds is 6. The minimum absolute atomic E-state index is 0.312. The number of ether oxygens (including phenoxy) is 1. The van der Waals surface area contributed by atoms with E-state index in [4.69, 9.17) is 4.74 Å². The van der Waals surface area contributed by atoms with Gasteiger partial charge in [0.15, 0.2) is 0 Å². The lowest BCUT2D eigenvalue weighted by atomic mass is 9.46. The molecule has 1 aromatic carbocycles. The molecule has 0 heterocycles. The first-order valence-corrected chi connectivity index (χ1v) is 9.77. The first kappa shape index (κ1) is 17.1. The maximum absolute atomic E-state index is 10.9. The molecule has 25 heavy (non-hydrogen) atoms. The van der Waals surface area contributed by atoms with E-state index in [2.05, 4.69) is 36.5 Å². The number of nitrogens with one attached hydrogen (secondary N) is 1. The van der Waals surface area contributed by atoms with E-state index >= 15 is 0 Å². The Bertz CT molecular complexity index is 622. The van der Waals surface area contributed by atoms with Crippen LogP contribution in [-0.2, 0) is 0 Å². The van der Waals surface area contributed by atoms with Gasteiger partial charge in [-0.05, 0) is 80.4 Å². The third-order valence-electron chi connectivity index (χ3n) is 6.96. The highest BCUT2D eigenvalue weighted by Gasteiger charge is 2.58. The summed E-state index contributed by atoms with van der Waals surface area (Å²) >= 11 is 0. The Kier molecular flexibility index (Phi) is 4.41. The average molecular weight is 341 g/mol. The molecular weight excluding hydrogens is 310 g/mol. The minimum Gasteiger partial charge on any atom is -0.497 e. The Hall–Kier alpha value is -1.32. The topological polar surface area (TPSA) is 41.5 Å². The number of hydrogen-bond donors (Lipinski definition) is 2. The quantitative estimate of drug-likeness (QED) is 0.821. The molecule has 3 heteroatoms. The van der Waals surface area contributed by atoms with Crippen molar-refractivity contribution in [2.45, 2.75) is 57.1 Å². The number of hydrogen-bond acceptors (Lipinski definition) is 3. The van der Waals surface area contributed by atoms with Gasteiger partial charge in [0.1, 0.15) is 5.75 Å². The highest BCUT2D eigenvalue weighted by molar-refractivity contribution is 5.50. The van der Waals surface area contributed by atoms with Gasteiger partial charge in [0.2, 0.25) is 0 Å². The number of aliphatic hydroxyl groups is 1. The van der Waals surface area contributed by atoms with Crippen molar-refractivity contribution in [3.05, 3.63) is 35.9 Å². The molecule has 0 amide bonds. The lowest BCUT2D eigenvalue weighted by Gasteiger charge is -2.62. The van der Waals surface area contributed by atoms with E-state index in [1.165, 1.54) is 24.8 Å². The molecule has 0 aliphatic heterocycles. The molecule has 136 valence electrons. The Morgan fingerprint density at radius 3 is 2.48 bits per heavy atom. The fourth-order valence-electron chi connectivity index (χ4n) is 6.16. The molecule has 3 unspecified atom stereocenters. The predicted molar refractivity (Wildman–Crippen MR) is 102 cm³/mol. The number of methoxy groups -OCH3 is 1. The lowest BCUT2D eigenvalue weighted by molar-refractivity contribution is -0.171. The van der Waals surface area contributed by atoms with Crippen LogP contribution >= 0.6 is 0 Å². The molecule has 0 aromatic heterocycles. The average Bonchev–Trinajstić information content (AvgIpc) is 2.57. The van der Waals surface area contributed by atoms with Crippen molar-refractivity contribution < 1.29 is 9.84 Å². The van der Waals surface area contributed by atoms with Crippen LogP contribution in [0.5, 0.6) is 5.75 Å². The van der Waals surface area contributed by atoms with Crippen LogP contribution in [0.4, 0.5) is 0 Å². The van der Waals surface area contributed by atoms with E-state index < -0.39 is 0 Å². The fourth-order valence-corrected chi connectivity index (χ4v) is 6.16. The van der Waals surface area contributed by atoms with Crippen LogP contribution in [0.1, 0.15) is 51.0 Å². The molecule has 4 saturated carbocycles. The van der Waals surface area contributed by atoms with E-state index in [9.17, 15) is 5.11 Å². The summed E-state index contributed by atoms with van der Waals surface area (Å²) in [6.07, 6.45) is 11.4. The van der Waals surface area contributed by atoms with Crippen molar-refractivity contribution in [1.29, 1.82) is 0 Å². The van der Waals surface area contributed by atoms with Gasteiger partial charge in [-0.2, -0.15) is 0 Å². The Morgan fingerprint density at radius 1 is 1.20 bits per heavy atom. The van der Waals surface area contributed by atoms with E-state index in [1.807, 2.05) is 12.1 Å². The Balaban J connectivity index is 1.34. The molecule has 4 fully saturated rings. The molecule has 4 aliphatic rings. The summed E-state index contributed by atoms with van der Waals surface area (Å²) < 4.78 is 5.19. The normalized spacial score (nSPS) is 37.6. The molecule has 2 N–H and O–H groups in total. The highest BCUT2D eigenvalue weighted by Crippen LogP contribution is 2.62. The summed E-state index contributed by atoms with van der Waals surface area (Å²) in [5.74, 6) is 2.40. The second kappa shape index (κ2) is 6.44. The predicted octanol–water partition coefficient (Wildman–Crippen LogP) is 4.02. The van der Waals surface area contributed by atoms with Crippen molar-refractivity contribution in [2.75, 3.05) is 13.7 Å². The van der Waals surface area contributed by atoms with Crippen LogP contribution in [0.3, 0.4) is 0 Å². The van der Waals surface area contributed by atoms with Crippen molar-refractivity contribution in [2.24, 2.45) is 17.3 Å².